The molecule has 0 bridgehead atoms. The van der Waals surface area contributed by atoms with Crippen LogP contribution in [0.3, 0.4) is 0 Å². The Hall–Kier alpha value is -4.58. The third-order valence-electron chi connectivity index (χ3n) is 10.9. The van der Waals surface area contributed by atoms with Crippen LogP contribution < -0.4 is 0 Å². The molecule has 7 aromatic rings. The molecule has 280 valence electrons. The van der Waals surface area contributed by atoms with Crippen LogP contribution in [0, 0.1) is 59.0 Å². The molecule has 1 aliphatic carbocycles. The molecule has 0 aliphatic heterocycles. The third-order valence-corrected chi connectivity index (χ3v) is 12.3. The van der Waals surface area contributed by atoms with Crippen LogP contribution in [0.4, 0.5) is 0 Å². The standard InChI is InChI=1S/C31H29.C13H10.C11H17.Zr/c1-18-11-20(3)30(21(4)12-18)24-7-9-28-26(15-24)17-27-16-25(8-10-29(27)28)31-22(5)13-19(2)14-23(31)6;1-3-7-12(8-4-1)11-13-9-5-2-6-10-13;1-5-9-6-7-10(8-9)11(2,3)4;/h7-17H,1-6H3;1-10H;7-9H,5H2,1-4H3;/q-1;;-1;+2. The summed E-state index contributed by atoms with van der Waals surface area (Å²) in [6.45, 7) is 22.2. The van der Waals surface area contributed by atoms with Crippen molar-refractivity contribution in [3.8, 4) is 22.3 Å². The molecule has 0 radical (unpaired) electrons. The van der Waals surface area contributed by atoms with Gasteiger partial charge in [0.2, 0.25) is 0 Å². The Morgan fingerprint density at radius 1 is 0.589 bits per heavy atom. The maximum atomic E-state index is 3.35. The molecule has 0 aromatic heterocycles. The number of hydrogen-bond acceptors (Lipinski definition) is 0. The summed E-state index contributed by atoms with van der Waals surface area (Å²) in [6.07, 6.45) is 9.00. The third kappa shape index (κ3) is 9.50. The van der Waals surface area contributed by atoms with Gasteiger partial charge in [0.05, 0.1) is 0 Å². The molecule has 0 nitrogen and oxygen atoms in total. The molecule has 1 atom stereocenters. The molecule has 1 unspecified atom stereocenters. The Balaban J connectivity index is 0.000000174. The quantitative estimate of drug-likeness (QED) is 0.152. The summed E-state index contributed by atoms with van der Waals surface area (Å²) in [5, 5.41) is 5.32. The van der Waals surface area contributed by atoms with Gasteiger partial charge in [-0.3, -0.25) is 6.08 Å². The van der Waals surface area contributed by atoms with Crippen LogP contribution in [0.1, 0.15) is 78.6 Å². The van der Waals surface area contributed by atoms with Gasteiger partial charge in [0, 0.05) is 0 Å². The summed E-state index contributed by atoms with van der Waals surface area (Å²) in [7, 11) is 0. The minimum absolute atomic E-state index is 0.302. The van der Waals surface area contributed by atoms with Gasteiger partial charge in [-0.2, -0.15) is 11.6 Å². The van der Waals surface area contributed by atoms with Crippen molar-refractivity contribution in [3.63, 3.8) is 0 Å². The summed E-state index contributed by atoms with van der Waals surface area (Å²) in [4.78, 5) is 0. The van der Waals surface area contributed by atoms with E-state index in [-0.39, 0.29) is 0 Å². The second kappa shape index (κ2) is 17.7. The van der Waals surface area contributed by atoms with Crippen LogP contribution >= 0.6 is 0 Å². The average Bonchev–Trinajstić information content (AvgIpc) is 3.80. The van der Waals surface area contributed by atoms with Crippen molar-refractivity contribution in [2.75, 3.05) is 0 Å². The van der Waals surface area contributed by atoms with Gasteiger partial charge < -0.3 is 0 Å². The first kappa shape index (κ1) is 41.1. The Morgan fingerprint density at radius 3 is 1.34 bits per heavy atom. The summed E-state index contributed by atoms with van der Waals surface area (Å²) in [5.41, 5.74) is 17.8. The predicted octanol–water partition coefficient (Wildman–Crippen LogP) is 15.1. The van der Waals surface area contributed by atoms with Crippen LogP contribution in [0.2, 0.25) is 0 Å². The number of allylic oxidation sites excluding steroid dienone is 4. The molecule has 0 heterocycles. The first-order chi connectivity index (χ1) is 26.7. The summed E-state index contributed by atoms with van der Waals surface area (Å²) in [6, 6.07) is 46.5. The number of fused-ring (bicyclic) bond motifs is 3. The molecule has 0 amide bonds. The van der Waals surface area contributed by atoms with Crippen LogP contribution in [0.15, 0.2) is 145 Å². The summed E-state index contributed by atoms with van der Waals surface area (Å²) >= 11 is 1.46. The number of aryl methyl sites for hydroxylation is 6. The molecule has 0 spiro atoms. The molecule has 0 N–H and O–H groups in total. The maximum absolute atomic E-state index is 3.35. The van der Waals surface area contributed by atoms with Crippen LogP contribution in [0.5, 0.6) is 0 Å². The Morgan fingerprint density at radius 2 is 1.00 bits per heavy atom. The molecule has 8 rings (SSSR count). The van der Waals surface area contributed by atoms with Gasteiger partial charge in [-0.15, -0.1) is 39.7 Å². The molecule has 56 heavy (non-hydrogen) atoms. The van der Waals surface area contributed by atoms with Gasteiger partial charge in [0.15, 0.2) is 0 Å². The normalized spacial score (nSPS) is 13.6. The first-order valence-electron chi connectivity index (χ1n) is 20.0. The Labute approximate surface area is 351 Å². The van der Waals surface area contributed by atoms with E-state index in [1.165, 1.54) is 128 Å². The number of hydrogen-bond donors (Lipinski definition) is 0. The van der Waals surface area contributed by atoms with Crippen molar-refractivity contribution >= 4 is 24.8 Å². The molecule has 0 saturated carbocycles. The minimum atomic E-state index is 0.302. The van der Waals surface area contributed by atoms with E-state index in [1.807, 2.05) is 0 Å². The fourth-order valence-electron chi connectivity index (χ4n) is 8.19. The molecule has 0 fully saturated rings. The monoisotopic (exact) mass is 806 g/mol. The van der Waals surface area contributed by atoms with Gasteiger partial charge >= 0.3 is 99.2 Å². The van der Waals surface area contributed by atoms with Gasteiger partial charge in [0.25, 0.3) is 0 Å². The van der Waals surface area contributed by atoms with Gasteiger partial charge in [-0.1, -0.05) is 116 Å². The molecule has 0 saturated heterocycles. The van der Waals surface area contributed by atoms with Crippen molar-refractivity contribution < 1.29 is 24.2 Å². The van der Waals surface area contributed by atoms with E-state index in [2.05, 4.69) is 215 Å². The van der Waals surface area contributed by atoms with Crippen LogP contribution in [-0.4, -0.2) is 3.21 Å². The van der Waals surface area contributed by atoms with Gasteiger partial charge in [-0.25, -0.2) is 6.08 Å². The Kier molecular flexibility index (Phi) is 13.0. The van der Waals surface area contributed by atoms with E-state index < -0.39 is 0 Å². The number of benzene rings is 6. The zero-order valence-electron chi connectivity index (χ0n) is 35.1. The molecule has 7 aromatic carbocycles. The van der Waals surface area contributed by atoms with Crippen molar-refractivity contribution in [1.29, 1.82) is 0 Å². The van der Waals surface area contributed by atoms with E-state index in [9.17, 15) is 0 Å². The van der Waals surface area contributed by atoms with E-state index in [4.69, 9.17) is 0 Å². The zero-order valence-corrected chi connectivity index (χ0v) is 37.5. The fourth-order valence-corrected chi connectivity index (χ4v) is 9.01. The van der Waals surface area contributed by atoms with Crippen LogP contribution in [-0.2, 0) is 24.2 Å². The fraction of sp³-hybridized carbons (Fsp3) is 0.236. The van der Waals surface area contributed by atoms with E-state index >= 15 is 0 Å². The van der Waals surface area contributed by atoms with Crippen LogP contribution in [0.25, 0.3) is 43.8 Å². The van der Waals surface area contributed by atoms with Gasteiger partial charge in [0.1, 0.15) is 0 Å². The number of rotatable bonds is 5. The van der Waals surface area contributed by atoms with E-state index in [0.29, 0.717) is 11.3 Å². The molecule has 1 aliphatic rings. The average molecular weight is 808 g/mol. The van der Waals surface area contributed by atoms with Gasteiger partial charge in [-0.05, 0) is 74.9 Å². The first-order valence-corrected chi connectivity index (χ1v) is 21.3. The molecular weight excluding hydrogens is 752 g/mol. The second-order valence-corrected chi connectivity index (χ2v) is 17.8. The van der Waals surface area contributed by atoms with Crippen molar-refractivity contribution in [2.24, 2.45) is 11.3 Å². The summed E-state index contributed by atoms with van der Waals surface area (Å²) in [5.74, 6) is 0.573. The SMILES string of the molecule is CCC1[C-]=CC(C(C)(C)C)=C1.Cc1cc(C)c(-c2ccc3c(c2)[cH-]c2cc(-c4c(C)cc(C)cc4C)ccc23)c(C)c1.[Zr+2]=[C](c1ccccc1)c1ccccc1. The molecular formula is C55H56Zr. The topological polar surface area (TPSA) is 0 Å². The van der Waals surface area contributed by atoms with E-state index in [0.717, 1.165) is 0 Å². The zero-order chi connectivity index (χ0) is 40.1. The predicted molar refractivity (Wildman–Crippen MR) is 242 cm³/mol. The Bertz CT molecular complexity index is 2350. The summed E-state index contributed by atoms with van der Waals surface area (Å²) < 4.78 is 1.42. The second-order valence-electron chi connectivity index (χ2n) is 16.6. The van der Waals surface area contributed by atoms with Crippen molar-refractivity contribution in [2.45, 2.75) is 75.7 Å². The van der Waals surface area contributed by atoms with Crippen molar-refractivity contribution in [1.82, 2.24) is 0 Å². The van der Waals surface area contributed by atoms with E-state index in [1.54, 1.807) is 0 Å². The van der Waals surface area contributed by atoms with Crippen molar-refractivity contribution in [3.05, 3.63) is 196 Å². The molecule has 1 heteroatoms.